The lowest BCUT2D eigenvalue weighted by atomic mass is 9.69. The van der Waals surface area contributed by atoms with Crippen molar-refractivity contribution in [3.63, 3.8) is 0 Å². The van der Waals surface area contributed by atoms with Gasteiger partial charge in [-0.2, -0.15) is 13.2 Å². The van der Waals surface area contributed by atoms with Crippen LogP contribution in [0, 0.1) is 17.1 Å². The summed E-state index contributed by atoms with van der Waals surface area (Å²) in [4.78, 5) is 30.4. The minimum Gasteiger partial charge on any atom is -0.350 e. The average Bonchev–Trinajstić information content (AvgIpc) is 3.33. The molecule has 0 bridgehead atoms. The van der Waals surface area contributed by atoms with Crippen LogP contribution in [-0.2, 0) is 23.1 Å². The van der Waals surface area contributed by atoms with E-state index in [9.17, 15) is 27.2 Å². The van der Waals surface area contributed by atoms with Crippen molar-refractivity contribution >= 4 is 58.3 Å². The molecule has 2 aliphatic carbocycles. The number of nitrogens with zero attached hydrogens (tertiary/aromatic N) is 1. The molecule has 2 aromatic rings. The number of halogens is 6. The van der Waals surface area contributed by atoms with Crippen molar-refractivity contribution in [1.82, 2.24) is 10.6 Å². The molecule has 5 rings (SSSR count). The highest BCUT2D eigenvalue weighted by Crippen LogP contribution is 2.62. The van der Waals surface area contributed by atoms with E-state index in [4.69, 9.17) is 28.6 Å². The van der Waals surface area contributed by atoms with E-state index in [-0.39, 0.29) is 30.8 Å². The summed E-state index contributed by atoms with van der Waals surface area (Å²) in [5.74, 6) is -2.73. The summed E-state index contributed by atoms with van der Waals surface area (Å²) in [6.07, 6.45) is -1.98. The molecule has 3 N–H and O–H groups in total. The van der Waals surface area contributed by atoms with Gasteiger partial charge in [-0.05, 0) is 54.5 Å². The maximum Gasteiger partial charge on any atom is 0.399 e. The Labute approximate surface area is 229 Å². The number of nitrogens with one attached hydrogen (secondary N) is 3. The number of hydrogen-bond donors (Lipinski definition) is 3. The van der Waals surface area contributed by atoms with E-state index in [1.54, 1.807) is 0 Å². The fourth-order valence-corrected chi connectivity index (χ4v) is 7.39. The van der Waals surface area contributed by atoms with Crippen LogP contribution < -0.4 is 10.6 Å². The Balaban J connectivity index is 1.51. The van der Waals surface area contributed by atoms with Crippen molar-refractivity contribution in [2.24, 2.45) is 10.9 Å². The summed E-state index contributed by atoms with van der Waals surface area (Å²) in [6, 6.07) is 1.46. The lowest BCUT2D eigenvalue weighted by molar-refractivity contribution is -0.196. The quantitative estimate of drug-likeness (QED) is 0.234. The van der Waals surface area contributed by atoms with E-state index in [0.29, 0.717) is 22.6 Å². The lowest BCUT2D eigenvalue weighted by Gasteiger charge is -2.39. The standard InChI is InChI=1S/C25H22Cl2F4N4O2S/c26-15-6-11(7-16(27)20(15)28)24(25(29,30)31)9-18(35-17-8-14(17)24)21-12-2-1-3-13(12)22(38-21)23(37)34-10-19(36)33-5-4-32/h4,6-7,14,17,32H,1-3,5,8-10H2,(H,33,36)(H,34,37). The minimum absolute atomic E-state index is 0.0423. The summed E-state index contributed by atoms with van der Waals surface area (Å²) >= 11 is 12.9. The zero-order valence-corrected chi connectivity index (χ0v) is 22.1. The van der Waals surface area contributed by atoms with Crippen LogP contribution in [0.25, 0.3) is 0 Å². The van der Waals surface area contributed by atoms with Crippen LogP contribution in [-0.4, -0.2) is 49.0 Å². The molecule has 1 aromatic heterocycles. The van der Waals surface area contributed by atoms with Crippen LogP contribution in [0.2, 0.25) is 10.0 Å². The Bertz CT molecular complexity index is 1350. The molecule has 38 heavy (non-hydrogen) atoms. The molecule has 13 heteroatoms. The molecule has 6 nitrogen and oxygen atoms in total. The zero-order chi connectivity index (χ0) is 27.4. The Hall–Kier alpha value is -2.50. The van der Waals surface area contributed by atoms with Gasteiger partial charge >= 0.3 is 6.18 Å². The highest BCUT2D eigenvalue weighted by molar-refractivity contribution is 7.16. The molecule has 2 heterocycles. The van der Waals surface area contributed by atoms with Gasteiger partial charge in [-0.25, -0.2) is 4.39 Å². The van der Waals surface area contributed by atoms with Gasteiger partial charge in [0.15, 0.2) is 5.82 Å². The lowest BCUT2D eigenvalue weighted by Crippen LogP contribution is -2.48. The first-order valence-electron chi connectivity index (χ1n) is 11.9. The third-order valence-corrected chi connectivity index (χ3v) is 9.28. The van der Waals surface area contributed by atoms with Crippen LogP contribution in [0.1, 0.15) is 50.5 Å². The first-order valence-corrected chi connectivity index (χ1v) is 13.5. The van der Waals surface area contributed by atoms with Gasteiger partial charge in [-0.3, -0.25) is 14.6 Å². The van der Waals surface area contributed by atoms with Crippen LogP contribution >= 0.6 is 34.5 Å². The molecule has 3 unspecified atom stereocenters. The van der Waals surface area contributed by atoms with Crippen LogP contribution in [0.4, 0.5) is 17.6 Å². The maximum absolute atomic E-state index is 14.9. The Morgan fingerprint density at radius 2 is 1.87 bits per heavy atom. The summed E-state index contributed by atoms with van der Waals surface area (Å²) in [5.41, 5.74) is -0.682. The van der Waals surface area contributed by atoms with Crippen molar-refractivity contribution < 1.29 is 27.2 Å². The average molecular weight is 589 g/mol. The molecule has 3 atom stereocenters. The predicted octanol–water partition coefficient (Wildman–Crippen LogP) is 5.26. The van der Waals surface area contributed by atoms with E-state index < -0.39 is 57.6 Å². The monoisotopic (exact) mass is 588 g/mol. The topological polar surface area (TPSA) is 94.4 Å². The Morgan fingerprint density at radius 3 is 2.53 bits per heavy atom. The number of benzene rings is 1. The highest BCUT2D eigenvalue weighted by atomic mass is 35.5. The molecular weight excluding hydrogens is 567 g/mol. The van der Waals surface area contributed by atoms with Gasteiger partial charge in [0.05, 0.1) is 44.6 Å². The normalized spacial score (nSPS) is 23.8. The van der Waals surface area contributed by atoms with Crippen molar-refractivity contribution in [3.05, 3.63) is 54.4 Å². The molecule has 1 aromatic carbocycles. The van der Waals surface area contributed by atoms with E-state index in [0.717, 1.165) is 47.2 Å². The Morgan fingerprint density at radius 1 is 1.18 bits per heavy atom. The van der Waals surface area contributed by atoms with E-state index in [1.165, 1.54) is 0 Å². The summed E-state index contributed by atoms with van der Waals surface area (Å²) in [7, 11) is 0. The van der Waals surface area contributed by atoms with Crippen molar-refractivity contribution in [2.45, 2.75) is 49.7 Å². The first kappa shape index (κ1) is 27.1. The van der Waals surface area contributed by atoms with Crippen molar-refractivity contribution in [1.29, 1.82) is 5.41 Å². The summed E-state index contributed by atoms with van der Waals surface area (Å²) in [5, 5.41) is 11.0. The van der Waals surface area contributed by atoms with E-state index >= 15 is 0 Å². The van der Waals surface area contributed by atoms with Gasteiger partial charge in [0.2, 0.25) is 5.91 Å². The number of thiophene rings is 1. The van der Waals surface area contributed by atoms with Gasteiger partial charge in [0.1, 0.15) is 5.41 Å². The van der Waals surface area contributed by atoms with Crippen molar-refractivity contribution in [2.75, 3.05) is 13.1 Å². The number of amides is 2. The number of alkyl halides is 3. The number of hydrogen-bond acceptors (Lipinski definition) is 5. The van der Waals surface area contributed by atoms with Crippen LogP contribution in [0.3, 0.4) is 0 Å². The minimum atomic E-state index is -4.69. The van der Waals surface area contributed by atoms with Gasteiger partial charge in [0.25, 0.3) is 5.91 Å². The maximum atomic E-state index is 14.9. The molecule has 1 aliphatic heterocycles. The van der Waals surface area contributed by atoms with Gasteiger partial charge < -0.3 is 16.0 Å². The third kappa shape index (κ3) is 4.52. The van der Waals surface area contributed by atoms with Gasteiger partial charge in [-0.1, -0.05) is 23.2 Å². The van der Waals surface area contributed by atoms with E-state index in [1.807, 2.05) is 0 Å². The summed E-state index contributed by atoms with van der Waals surface area (Å²) in [6.45, 7) is -0.247. The molecule has 3 aliphatic rings. The number of rotatable bonds is 7. The number of carbonyl (C=O) groups excluding carboxylic acids is 2. The van der Waals surface area contributed by atoms with E-state index in [2.05, 4.69) is 15.6 Å². The number of aliphatic imine (C=N–C) groups is 1. The molecule has 1 saturated carbocycles. The number of fused-ring (bicyclic) bond motifs is 2. The molecular formula is C25H22Cl2F4N4O2S. The van der Waals surface area contributed by atoms with Gasteiger partial charge in [-0.15, -0.1) is 11.3 Å². The fourth-order valence-electron chi connectivity index (χ4n) is 5.59. The summed E-state index contributed by atoms with van der Waals surface area (Å²) < 4.78 is 58.9. The zero-order valence-electron chi connectivity index (χ0n) is 19.8. The number of carbonyl (C=O) groups is 2. The largest absolute Gasteiger partial charge is 0.399 e. The molecule has 0 saturated heterocycles. The second kappa shape index (κ2) is 9.91. The third-order valence-electron chi connectivity index (χ3n) is 7.41. The predicted molar refractivity (Wildman–Crippen MR) is 138 cm³/mol. The smallest absolute Gasteiger partial charge is 0.350 e. The molecule has 0 radical (unpaired) electrons. The fraction of sp³-hybridized carbons (Fsp3) is 0.440. The second-order valence-corrected chi connectivity index (χ2v) is 11.5. The van der Waals surface area contributed by atoms with Crippen molar-refractivity contribution in [3.8, 4) is 0 Å². The SMILES string of the molecule is N=CCNC(=O)CNC(=O)c1sc(C2=NC3CC3C(c3cc(Cl)c(F)c(Cl)c3)(C(F)(F)F)C2)c2c1CCC2. The molecule has 202 valence electrons. The highest BCUT2D eigenvalue weighted by Gasteiger charge is 2.69. The molecule has 1 fully saturated rings. The van der Waals surface area contributed by atoms with Crippen LogP contribution in [0.15, 0.2) is 17.1 Å². The molecule has 0 spiro atoms. The molecule has 2 amide bonds. The second-order valence-electron chi connectivity index (χ2n) is 9.65. The van der Waals surface area contributed by atoms with Gasteiger partial charge in [0, 0.05) is 18.6 Å². The first-order chi connectivity index (χ1) is 18.0. The Kier molecular flexibility index (Phi) is 7.06. The van der Waals surface area contributed by atoms with Crippen LogP contribution in [0.5, 0.6) is 0 Å².